The van der Waals surface area contributed by atoms with E-state index in [0.29, 0.717) is 11.3 Å². The molecule has 0 amide bonds. The van der Waals surface area contributed by atoms with E-state index in [2.05, 4.69) is 11.6 Å². The molecule has 1 rings (SSSR count). The minimum Gasteiger partial charge on any atom is -0.382 e. The first-order valence-electron chi connectivity index (χ1n) is 3.46. The van der Waals surface area contributed by atoms with Crippen LogP contribution in [0.4, 0.5) is 0 Å². The van der Waals surface area contributed by atoms with Crippen LogP contribution in [0, 0.1) is 0 Å². The van der Waals surface area contributed by atoms with Gasteiger partial charge in [-0.15, -0.1) is 0 Å². The summed E-state index contributed by atoms with van der Waals surface area (Å²) in [6.45, 7) is 5.42. The molecule has 11 heavy (non-hydrogen) atoms. The van der Waals surface area contributed by atoms with Gasteiger partial charge < -0.3 is 5.11 Å². The van der Waals surface area contributed by atoms with Crippen molar-refractivity contribution in [3.05, 3.63) is 42.2 Å². The van der Waals surface area contributed by atoms with Crippen molar-refractivity contribution in [1.82, 2.24) is 4.98 Å². The molecule has 0 aliphatic carbocycles. The predicted molar refractivity (Wildman–Crippen MR) is 44.0 cm³/mol. The van der Waals surface area contributed by atoms with Crippen LogP contribution in [0.25, 0.3) is 0 Å². The highest BCUT2D eigenvalue weighted by Crippen LogP contribution is 2.15. The van der Waals surface area contributed by atoms with Crippen LogP contribution in [0.1, 0.15) is 18.7 Å². The van der Waals surface area contributed by atoms with Crippen molar-refractivity contribution in [3.63, 3.8) is 0 Å². The number of hydrogen-bond acceptors (Lipinski definition) is 2. The molecule has 58 valence electrons. The maximum atomic E-state index is 9.44. The minimum atomic E-state index is -0.629. The normalized spacial score (nSPS) is 12.5. The van der Waals surface area contributed by atoms with Gasteiger partial charge in [0.15, 0.2) is 0 Å². The average Bonchev–Trinajstić information content (AvgIpc) is 2.05. The van der Waals surface area contributed by atoms with Gasteiger partial charge in [-0.25, -0.2) is 0 Å². The van der Waals surface area contributed by atoms with Crippen molar-refractivity contribution >= 4 is 0 Å². The Balaban J connectivity index is 2.85. The van der Waals surface area contributed by atoms with Gasteiger partial charge in [-0.2, -0.15) is 0 Å². The number of rotatable bonds is 2. The Bertz CT molecular complexity index is 243. The summed E-state index contributed by atoms with van der Waals surface area (Å²) in [6.07, 6.45) is 1.03. The van der Waals surface area contributed by atoms with Gasteiger partial charge in [0.2, 0.25) is 0 Å². The van der Waals surface area contributed by atoms with Gasteiger partial charge in [0.1, 0.15) is 6.10 Å². The summed E-state index contributed by atoms with van der Waals surface area (Å²) in [6, 6.07) is 5.43. The summed E-state index contributed by atoms with van der Waals surface area (Å²) in [5.41, 5.74) is 1.36. The van der Waals surface area contributed by atoms with Crippen molar-refractivity contribution in [2.75, 3.05) is 0 Å². The molecule has 0 aromatic carbocycles. The SMILES string of the molecule is C=C(C)C(O)c1ccccn1. The summed E-state index contributed by atoms with van der Waals surface area (Å²) >= 11 is 0. The molecule has 1 heterocycles. The largest absolute Gasteiger partial charge is 0.382 e. The fourth-order valence-electron chi connectivity index (χ4n) is 0.790. The van der Waals surface area contributed by atoms with Crippen LogP contribution < -0.4 is 0 Å². The molecule has 1 N–H and O–H groups in total. The summed E-state index contributed by atoms with van der Waals surface area (Å²) in [7, 11) is 0. The Morgan fingerprint density at radius 1 is 1.64 bits per heavy atom. The van der Waals surface area contributed by atoms with E-state index in [1.54, 1.807) is 19.2 Å². The van der Waals surface area contributed by atoms with Crippen LogP contribution in [0.2, 0.25) is 0 Å². The second-order valence-corrected chi connectivity index (χ2v) is 2.50. The van der Waals surface area contributed by atoms with E-state index in [0.717, 1.165) is 0 Å². The molecule has 0 aliphatic rings. The van der Waals surface area contributed by atoms with Gasteiger partial charge in [0, 0.05) is 6.20 Å². The Morgan fingerprint density at radius 2 is 2.36 bits per heavy atom. The summed E-state index contributed by atoms with van der Waals surface area (Å²) in [5.74, 6) is 0. The quantitative estimate of drug-likeness (QED) is 0.649. The second kappa shape index (κ2) is 3.30. The van der Waals surface area contributed by atoms with Crippen LogP contribution in [-0.2, 0) is 0 Å². The maximum absolute atomic E-state index is 9.44. The topological polar surface area (TPSA) is 33.1 Å². The third kappa shape index (κ3) is 1.88. The second-order valence-electron chi connectivity index (χ2n) is 2.50. The van der Waals surface area contributed by atoms with Crippen LogP contribution in [0.5, 0.6) is 0 Å². The lowest BCUT2D eigenvalue weighted by atomic mass is 10.1. The van der Waals surface area contributed by atoms with Crippen LogP contribution >= 0.6 is 0 Å². The molecule has 0 fully saturated rings. The number of aliphatic hydroxyl groups is 1. The van der Waals surface area contributed by atoms with E-state index in [1.807, 2.05) is 12.1 Å². The molecule has 0 aliphatic heterocycles. The fourth-order valence-corrected chi connectivity index (χ4v) is 0.790. The zero-order valence-electron chi connectivity index (χ0n) is 6.49. The third-order valence-corrected chi connectivity index (χ3v) is 1.43. The summed E-state index contributed by atoms with van der Waals surface area (Å²) < 4.78 is 0. The first-order chi connectivity index (χ1) is 5.22. The van der Waals surface area contributed by atoms with E-state index in [9.17, 15) is 5.11 Å². The molecule has 1 aromatic rings. The number of hydrogen-bond donors (Lipinski definition) is 1. The minimum absolute atomic E-state index is 0.629. The van der Waals surface area contributed by atoms with Crippen molar-refractivity contribution in [1.29, 1.82) is 0 Å². The van der Waals surface area contributed by atoms with Crippen molar-refractivity contribution in [2.24, 2.45) is 0 Å². The molecule has 1 aromatic heterocycles. The molecule has 0 saturated heterocycles. The lowest BCUT2D eigenvalue weighted by Gasteiger charge is -2.07. The van der Waals surface area contributed by atoms with Crippen LogP contribution in [0.15, 0.2) is 36.5 Å². The van der Waals surface area contributed by atoms with E-state index < -0.39 is 6.10 Å². The molecular formula is C9H11NO. The van der Waals surface area contributed by atoms with Crippen LogP contribution in [0.3, 0.4) is 0 Å². The molecule has 2 heteroatoms. The van der Waals surface area contributed by atoms with Gasteiger partial charge >= 0.3 is 0 Å². The molecule has 0 saturated carbocycles. The van der Waals surface area contributed by atoms with Gasteiger partial charge in [-0.05, 0) is 24.6 Å². The maximum Gasteiger partial charge on any atom is 0.116 e. The van der Waals surface area contributed by atoms with Gasteiger partial charge in [0.05, 0.1) is 5.69 Å². The first-order valence-corrected chi connectivity index (χ1v) is 3.46. The van der Waals surface area contributed by atoms with Gasteiger partial charge in [-0.3, -0.25) is 4.98 Å². The number of pyridine rings is 1. The molecule has 2 nitrogen and oxygen atoms in total. The lowest BCUT2D eigenvalue weighted by Crippen LogP contribution is -1.99. The first kappa shape index (κ1) is 7.95. The van der Waals surface area contributed by atoms with E-state index in [1.165, 1.54) is 0 Å². The van der Waals surface area contributed by atoms with Crippen molar-refractivity contribution in [2.45, 2.75) is 13.0 Å². The molecular weight excluding hydrogens is 138 g/mol. The smallest absolute Gasteiger partial charge is 0.116 e. The average molecular weight is 149 g/mol. The standard InChI is InChI=1S/C9H11NO/c1-7(2)9(11)8-5-3-4-6-10-8/h3-6,9,11H,1H2,2H3. The van der Waals surface area contributed by atoms with Crippen LogP contribution in [-0.4, -0.2) is 10.1 Å². The van der Waals surface area contributed by atoms with E-state index in [4.69, 9.17) is 0 Å². The Kier molecular flexibility index (Phi) is 2.39. The molecule has 0 radical (unpaired) electrons. The number of aliphatic hydroxyl groups excluding tert-OH is 1. The molecule has 0 spiro atoms. The predicted octanol–water partition coefficient (Wildman–Crippen LogP) is 1.69. The highest BCUT2D eigenvalue weighted by atomic mass is 16.3. The monoisotopic (exact) mass is 149 g/mol. The fraction of sp³-hybridized carbons (Fsp3) is 0.222. The summed E-state index contributed by atoms with van der Waals surface area (Å²) in [5, 5.41) is 9.44. The molecule has 1 unspecified atom stereocenters. The van der Waals surface area contributed by atoms with Gasteiger partial charge in [0.25, 0.3) is 0 Å². The van der Waals surface area contributed by atoms with Gasteiger partial charge in [-0.1, -0.05) is 12.6 Å². The summed E-state index contributed by atoms with van der Waals surface area (Å²) in [4.78, 5) is 3.99. The highest BCUT2D eigenvalue weighted by Gasteiger charge is 2.07. The van der Waals surface area contributed by atoms with Crippen molar-refractivity contribution in [3.8, 4) is 0 Å². The number of aromatic nitrogens is 1. The zero-order valence-corrected chi connectivity index (χ0v) is 6.49. The Labute approximate surface area is 66.2 Å². The van der Waals surface area contributed by atoms with Crippen molar-refractivity contribution < 1.29 is 5.11 Å². The Morgan fingerprint density at radius 3 is 2.82 bits per heavy atom. The molecule has 1 atom stereocenters. The molecule has 0 bridgehead atoms. The Hall–Kier alpha value is -1.15. The highest BCUT2D eigenvalue weighted by molar-refractivity contribution is 5.15. The zero-order chi connectivity index (χ0) is 8.27. The number of nitrogens with zero attached hydrogens (tertiary/aromatic N) is 1. The van der Waals surface area contributed by atoms with E-state index >= 15 is 0 Å². The lowest BCUT2D eigenvalue weighted by molar-refractivity contribution is 0.211. The third-order valence-electron chi connectivity index (χ3n) is 1.43. The van der Waals surface area contributed by atoms with E-state index in [-0.39, 0.29) is 0 Å².